The van der Waals surface area contributed by atoms with E-state index in [1.807, 2.05) is 0 Å². The van der Waals surface area contributed by atoms with Crippen molar-refractivity contribution in [2.45, 2.75) is 6.54 Å². The second-order valence-corrected chi connectivity index (χ2v) is 6.47. The fourth-order valence-electron chi connectivity index (χ4n) is 1.41. The molecule has 2 aromatic rings. The monoisotopic (exact) mass is 320 g/mol. The molecule has 1 aromatic carbocycles. The molecular formula is C10H10Cl2N4O2S. The molecule has 1 N–H and O–H groups in total. The molecule has 0 aliphatic rings. The molecule has 1 heterocycles. The van der Waals surface area contributed by atoms with E-state index in [2.05, 4.69) is 14.8 Å². The summed E-state index contributed by atoms with van der Waals surface area (Å²) < 4.78 is 25.7. The molecule has 2 rings (SSSR count). The van der Waals surface area contributed by atoms with Crippen molar-refractivity contribution in [2.24, 2.45) is 0 Å². The molecule has 1 aromatic heterocycles. The van der Waals surface area contributed by atoms with Gasteiger partial charge in [-0.1, -0.05) is 29.3 Å². The highest BCUT2D eigenvalue weighted by atomic mass is 35.5. The maximum absolute atomic E-state index is 11.0. The number of halogens is 2. The SMILES string of the molecule is CS(=O)(=O)Nc1ncn(Cc2ccc(Cl)cc2Cl)n1. The number of nitrogens with zero attached hydrogens (tertiary/aromatic N) is 3. The van der Waals surface area contributed by atoms with Crippen LogP contribution in [-0.4, -0.2) is 29.4 Å². The predicted molar refractivity (Wildman–Crippen MR) is 74.1 cm³/mol. The lowest BCUT2D eigenvalue weighted by Gasteiger charge is -2.04. The van der Waals surface area contributed by atoms with Crippen molar-refractivity contribution >= 4 is 39.2 Å². The van der Waals surface area contributed by atoms with Crippen LogP contribution in [0.4, 0.5) is 5.95 Å². The molecule has 0 saturated carbocycles. The van der Waals surface area contributed by atoms with Crippen LogP contribution in [-0.2, 0) is 16.6 Å². The van der Waals surface area contributed by atoms with Crippen molar-refractivity contribution in [3.05, 3.63) is 40.1 Å². The van der Waals surface area contributed by atoms with Crippen molar-refractivity contribution in [1.82, 2.24) is 14.8 Å². The summed E-state index contributed by atoms with van der Waals surface area (Å²) in [4.78, 5) is 3.84. The summed E-state index contributed by atoms with van der Waals surface area (Å²) in [5, 5.41) is 5.04. The van der Waals surface area contributed by atoms with Crippen molar-refractivity contribution in [1.29, 1.82) is 0 Å². The molecule has 0 aliphatic carbocycles. The summed E-state index contributed by atoms with van der Waals surface area (Å²) in [6.07, 6.45) is 2.45. The molecular weight excluding hydrogens is 311 g/mol. The summed E-state index contributed by atoms with van der Waals surface area (Å²) in [6, 6.07) is 5.12. The van der Waals surface area contributed by atoms with Gasteiger partial charge in [-0.3, -0.25) is 4.72 Å². The van der Waals surface area contributed by atoms with E-state index in [0.29, 0.717) is 16.6 Å². The summed E-state index contributed by atoms with van der Waals surface area (Å²) >= 11 is 11.8. The van der Waals surface area contributed by atoms with Gasteiger partial charge in [-0.2, -0.15) is 4.98 Å². The van der Waals surface area contributed by atoms with Gasteiger partial charge in [0.15, 0.2) is 0 Å². The summed E-state index contributed by atoms with van der Waals surface area (Å²) in [5.74, 6) is 0.0209. The maximum Gasteiger partial charge on any atom is 0.255 e. The first-order chi connectivity index (χ1) is 8.83. The van der Waals surface area contributed by atoms with Crippen LogP contribution in [0, 0.1) is 0 Å². The molecule has 0 bridgehead atoms. The third-order valence-electron chi connectivity index (χ3n) is 2.16. The Hall–Kier alpha value is -1.31. The smallest absolute Gasteiger partial charge is 0.250 e. The third kappa shape index (κ3) is 4.09. The van der Waals surface area contributed by atoms with E-state index in [-0.39, 0.29) is 5.95 Å². The highest BCUT2D eigenvalue weighted by molar-refractivity contribution is 7.91. The van der Waals surface area contributed by atoms with E-state index in [4.69, 9.17) is 23.2 Å². The molecule has 19 heavy (non-hydrogen) atoms. The lowest BCUT2D eigenvalue weighted by molar-refractivity contribution is 0.606. The average Bonchev–Trinajstić information content (AvgIpc) is 2.67. The number of hydrogen-bond donors (Lipinski definition) is 1. The number of nitrogens with one attached hydrogen (secondary N) is 1. The fourth-order valence-corrected chi connectivity index (χ4v) is 2.30. The highest BCUT2D eigenvalue weighted by Gasteiger charge is 2.08. The molecule has 9 heteroatoms. The maximum atomic E-state index is 11.0. The summed E-state index contributed by atoms with van der Waals surface area (Å²) in [6.45, 7) is 0.369. The minimum absolute atomic E-state index is 0.0209. The van der Waals surface area contributed by atoms with Crippen LogP contribution in [0.3, 0.4) is 0 Å². The van der Waals surface area contributed by atoms with E-state index in [1.165, 1.54) is 11.0 Å². The van der Waals surface area contributed by atoms with Crippen molar-refractivity contribution in [3.63, 3.8) is 0 Å². The lowest BCUT2D eigenvalue weighted by Crippen LogP contribution is -2.11. The molecule has 0 spiro atoms. The first-order valence-corrected chi connectivity index (χ1v) is 7.79. The second kappa shape index (κ2) is 5.36. The minimum atomic E-state index is -3.38. The number of aromatic nitrogens is 3. The van der Waals surface area contributed by atoms with E-state index in [0.717, 1.165) is 11.8 Å². The van der Waals surface area contributed by atoms with E-state index in [1.54, 1.807) is 18.2 Å². The molecule has 0 saturated heterocycles. The van der Waals surface area contributed by atoms with Crippen LogP contribution >= 0.6 is 23.2 Å². The lowest BCUT2D eigenvalue weighted by atomic mass is 10.2. The Morgan fingerprint density at radius 2 is 2.11 bits per heavy atom. The Kier molecular flexibility index (Phi) is 3.98. The van der Waals surface area contributed by atoms with Gasteiger partial charge >= 0.3 is 0 Å². The zero-order valence-corrected chi connectivity index (χ0v) is 12.2. The van der Waals surface area contributed by atoms with Gasteiger partial charge in [0.2, 0.25) is 10.0 Å². The first-order valence-electron chi connectivity index (χ1n) is 5.15. The fraction of sp³-hybridized carbons (Fsp3) is 0.200. The summed E-state index contributed by atoms with van der Waals surface area (Å²) in [7, 11) is -3.38. The van der Waals surface area contributed by atoms with Crippen molar-refractivity contribution in [3.8, 4) is 0 Å². The van der Waals surface area contributed by atoms with Crippen LogP contribution < -0.4 is 4.72 Å². The largest absolute Gasteiger partial charge is 0.255 e. The topological polar surface area (TPSA) is 76.9 Å². The Balaban J connectivity index is 2.16. The zero-order valence-electron chi connectivity index (χ0n) is 9.84. The van der Waals surface area contributed by atoms with Crippen molar-refractivity contribution < 1.29 is 8.42 Å². The Morgan fingerprint density at radius 3 is 2.74 bits per heavy atom. The van der Waals surface area contributed by atoms with E-state index in [9.17, 15) is 8.42 Å². The number of anilines is 1. The zero-order chi connectivity index (χ0) is 14.0. The molecule has 0 amide bonds. The predicted octanol–water partition coefficient (Wildman–Crippen LogP) is 2.00. The van der Waals surface area contributed by atoms with Gasteiger partial charge < -0.3 is 0 Å². The van der Waals surface area contributed by atoms with E-state index >= 15 is 0 Å². The van der Waals surface area contributed by atoms with Gasteiger partial charge in [-0.05, 0) is 17.7 Å². The Labute approximate surface area is 120 Å². The van der Waals surface area contributed by atoms with Gasteiger partial charge in [-0.15, -0.1) is 5.10 Å². The normalized spacial score (nSPS) is 11.5. The van der Waals surface area contributed by atoms with Crippen LogP contribution in [0.1, 0.15) is 5.56 Å². The Bertz CT molecular complexity index is 699. The number of hydrogen-bond acceptors (Lipinski definition) is 4. The van der Waals surface area contributed by atoms with Gasteiger partial charge in [0.25, 0.3) is 5.95 Å². The Morgan fingerprint density at radius 1 is 1.37 bits per heavy atom. The molecule has 0 aliphatic heterocycles. The average molecular weight is 321 g/mol. The molecule has 0 fully saturated rings. The van der Waals surface area contributed by atoms with Crippen LogP contribution in [0.25, 0.3) is 0 Å². The molecule has 0 atom stereocenters. The molecule has 6 nitrogen and oxygen atoms in total. The standard InChI is InChI=1S/C10H10Cl2N4O2S/c1-19(17,18)15-10-13-6-16(14-10)5-7-2-3-8(11)4-9(7)12/h2-4,6H,5H2,1H3,(H,14,15). The van der Waals surface area contributed by atoms with E-state index < -0.39 is 10.0 Å². The number of benzene rings is 1. The molecule has 0 radical (unpaired) electrons. The van der Waals surface area contributed by atoms with Gasteiger partial charge in [0.1, 0.15) is 6.33 Å². The van der Waals surface area contributed by atoms with Crippen LogP contribution in [0.5, 0.6) is 0 Å². The first kappa shape index (κ1) is 14.1. The van der Waals surface area contributed by atoms with Gasteiger partial charge in [0.05, 0.1) is 12.8 Å². The van der Waals surface area contributed by atoms with Gasteiger partial charge in [0, 0.05) is 10.0 Å². The minimum Gasteiger partial charge on any atom is -0.250 e. The van der Waals surface area contributed by atoms with Crippen LogP contribution in [0.2, 0.25) is 10.0 Å². The van der Waals surface area contributed by atoms with Crippen LogP contribution in [0.15, 0.2) is 24.5 Å². The molecule has 0 unspecified atom stereocenters. The molecule has 102 valence electrons. The second-order valence-electron chi connectivity index (χ2n) is 3.88. The van der Waals surface area contributed by atoms with Crippen molar-refractivity contribution in [2.75, 3.05) is 11.0 Å². The third-order valence-corrected chi connectivity index (χ3v) is 3.30. The number of rotatable bonds is 4. The highest BCUT2D eigenvalue weighted by Crippen LogP contribution is 2.21. The van der Waals surface area contributed by atoms with Gasteiger partial charge in [-0.25, -0.2) is 13.1 Å². The quantitative estimate of drug-likeness (QED) is 0.934. The number of sulfonamides is 1. The summed E-state index contributed by atoms with van der Waals surface area (Å²) in [5.41, 5.74) is 0.807.